The van der Waals surface area contributed by atoms with Gasteiger partial charge < -0.3 is 19.9 Å². The molecular formula is C20H31N3O3. The highest BCUT2D eigenvalue weighted by atomic mass is 16.5. The number of ether oxygens (including phenoxy) is 1. The molecule has 0 aliphatic carbocycles. The Hall–Kier alpha value is -1.82. The quantitative estimate of drug-likeness (QED) is 0.817. The second-order valence-electron chi connectivity index (χ2n) is 7.52. The number of carbonyl (C=O) groups is 2. The molecule has 0 spiro atoms. The molecule has 2 amide bonds. The van der Waals surface area contributed by atoms with E-state index < -0.39 is 0 Å². The summed E-state index contributed by atoms with van der Waals surface area (Å²) in [4.78, 5) is 30.3. The molecule has 3 heterocycles. The number of hydrogen-bond donors (Lipinski definition) is 2. The van der Waals surface area contributed by atoms with Crippen LogP contribution in [0.4, 0.5) is 0 Å². The maximum absolute atomic E-state index is 12.9. The third-order valence-corrected chi connectivity index (χ3v) is 5.55. The summed E-state index contributed by atoms with van der Waals surface area (Å²) in [5, 5.41) is 2.96. The molecule has 144 valence electrons. The maximum Gasteiger partial charge on any atom is 0.255 e. The standard InChI is InChI=1S/C20H31N3O3/c1-14-17(8-9-18(24)21-13-16-7-6-12-26-16)22-15(2)19(14)20(25)23-10-4-3-5-11-23/h16,22H,3-13H2,1-2H3,(H,21,24). The molecule has 6 heteroatoms. The number of aromatic amines is 1. The molecule has 2 aliphatic heterocycles. The highest BCUT2D eigenvalue weighted by Crippen LogP contribution is 2.23. The second kappa shape index (κ2) is 8.71. The first kappa shape index (κ1) is 19.0. The minimum Gasteiger partial charge on any atom is -0.376 e. The number of aryl methyl sites for hydroxylation is 2. The fourth-order valence-corrected chi connectivity index (χ4v) is 4.00. The van der Waals surface area contributed by atoms with Crippen molar-refractivity contribution in [2.75, 3.05) is 26.2 Å². The van der Waals surface area contributed by atoms with E-state index in [9.17, 15) is 9.59 Å². The molecular weight excluding hydrogens is 330 g/mol. The number of nitrogens with zero attached hydrogens (tertiary/aromatic N) is 1. The van der Waals surface area contributed by atoms with Crippen molar-refractivity contribution < 1.29 is 14.3 Å². The number of aromatic nitrogens is 1. The van der Waals surface area contributed by atoms with Crippen LogP contribution in [-0.4, -0.2) is 54.0 Å². The van der Waals surface area contributed by atoms with Gasteiger partial charge in [0.05, 0.1) is 11.7 Å². The van der Waals surface area contributed by atoms with E-state index in [4.69, 9.17) is 4.74 Å². The normalized spacial score (nSPS) is 20.4. The van der Waals surface area contributed by atoms with Crippen LogP contribution in [0.25, 0.3) is 0 Å². The lowest BCUT2D eigenvalue weighted by atomic mass is 10.0. The fourth-order valence-electron chi connectivity index (χ4n) is 4.00. The van der Waals surface area contributed by atoms with E-state index in [2.05, 4.69) is 10.3 Å². The summed E-state index contributed by atoms with van der Waals surface area (Å²) < 4.78 is 5.53. The number of amides is 2. The average molecular weight is 361 g/mol. The Balaban J connectivity index is 1.55. The van der Waals surface area contributed by atoms with Crippen LogP contribution in [-0.2, 0) is 16.0 Å². The smallest absolute Gasteiger partial charge is 0.255 e. The monoisotopic (exact) mass is 361 g/mol. The largest absolute Gasteiger partial charge is 0.376 e. The third kappa shape index (κ3) is 4.47. The predicted molar refractivity (Wildman–Crippen MR) is 100 cm³/mol. The number of likely N-dealkylation sites (tertiary alicyclic amines) is 1. The number of rotatable bonds is 6. The van der Waals surface area contributed by atoms with Crippen LogP contribution in [0.5, 0.6) is 0 Å². The second-order valence-corrected chi connectivity index (χ2v) is 7.52. The van der Waals surface area contributed by atoms with Gasteiger partial charge in [-0.3, -0.25) is 9.59 Å². The Morgan fingerprint density at radius 2 is 1.96 bits per heavy atom. The number of nitrogens with one attached hydrogen (secondary N) is 2. The molecule has 1 aromatic rings. The van der Waals surface area contributed by atoms with Crippen molar-refractivity contribution in [3.05, 3.63) is 22.5 Å². The van der Waals surface area contributed by atoms with Crippen molar-refractivity contribution in [2.45, 2.75) is 64.9 Å². The highest BCUT2D eigenvalue weighted by Gasteiger charge is 2.24. The Morgan fingerprint density at radius 1 is 1.19 bits per heavy atom. The molecule has 6 nitrogen and oxygen atoms in total. The number of carbonyl (C=O) groups excluding carboxylic acids is 2. The van der Waals surface area contributed by atoms with Crippen molar-refractivity contribution >= 4 is 11.8 Å². The van der Waals surface area contributed by atoms with Crippen LogP contribution >= 0.6 is 0 Å². The first-order chi connectivity index (χ1) is 12.6. The van der Waals surface area contributed by atoms with E-state index in [-0.39, 0.29) is 17.9 Å². The number of hydrogen-bond acceptors (Lipinski definition) is 3. The van der Waals surface area contributed by atoms with Crippen LogP contribution in [0.1, 0.15) is 65.8 Å². The zero-order valence-electron chi connectivity index (χ0n) is 16.0. The van der Waals surface area contributed by atoms with E-state index in [1.807, 2.05) is 18.7 Å². The molecule has 2 aliphatic rings. The van der Waals surface area contributed by atoms with Gasteiger partial charge in [-0.25, -0.2) is 0 Å². The van der Waals surface area contributed by atoms with Gasteiger partial charge in [-0.15, -0.1) is 0 Å². The van der Waals surface area contributed by atoms with Gasteiger partial charge in [0.2, 0.25) is 5.91 Å². The Kier molecular flexibility index (Phi) is 6.35. The molecule has 1 unspecified atom stereocenters. The molecule has 2 fully saturated rings. The summed E-state index contributed by atoms with van der Waals surface area (Å²) in [5.41, 5.74) is 3.69. The van der Waals surface area contributed by atoms with Gasteiger partial charge in [-0.05, 0) is 57.9 Å². The van der Waals surface area contributed by atoms with Gasteiger partial charge in [0.1, 0.15) is 0 Å². The van der Waals surface area contributed by atoms with Crippen molar-refractivity contribution in [3.8, 4) is 0 Å². The van der Waals surface area contributed by atoms with E-state index in [1.165, 1.54) is 6.42 Å². The minimum absolute atomic E-state index is 0.0380. The third-order valence-electron chi connectivity index (χ3n) is 5.55. The van der Waals surface area contributed by atoms with Crippen molar-refractivity contribution in [3.63, 3.8) is 0 Å². The lowest BCUT2D eigenvalue weighted by Gasteiger charge is -2.27. The van der Waals surface area contributed by atoms with E-state index >= 15 is 0 Å². The van der Waals surface area contributed by atoms with Crippen LogP contribution < -0.4 is 5.32 Å². The fraction of sp³-hybridized carbons (Fsp3) is 0.700. The van der Waals surface area contributed by atoms with E-state index in [0.29, 0.717) is 19.4 Å². The Morgan fingerprint density at radius 3 is 2.65 bits per heavy atom. The van der Waals surface area contributed by atoms with E-state index in [0.717, 1.165) is 67.9 Å². The summed E-state index contributed by atoms with van der Waals surface area (Å²) in [6, 6.07) is 0. The van der Waals surface area contributed by atoms with Gasteiger partial charge >= 0.3 is 0 Å². The molecule has 1 aromatic heterocycles. The topological polar surface area (TPSA) is 74.4 Å². The van der Waals surface area contributed by atoms with Crippen molar-refractivity contribution in [1.29, 1.82) is 0 Å². The molecule has 0 saturated carbocycles. The summed E-state index contributed by atoms with van der Waals surface area (Å²) in [7, 11) is 0. The van der Waals surface area contributed by atoms with Crippen LogP contribution in [0.15, 0.2) is 0 Å². The predicted octanol–water partition coefficient (Wildman–Crippen LogP) is 2.49. The number of H-pyrrole nitrogens is 1. The van der Waals surface area contributed by atoms with Crippen molar-refractivity contribution in [2.24, 2.45) is 0 Å². The SMILES string of the molecule is Cc1[nH]c(CCC(=O)NCC2CCCO2)c(C)c1C(=O)N1CCCCC1. The molecule has 26 heavy (non-hydrogen) atoms. The zero-order chi connectivity index (χ0) is 18.5. The van der Waals surface area contributed by atoms with Crippen LogP contribution in [0.3, 0.4) is 0 Å². The molecule has 0 aromatic carbocycles. The minimum atomic E-state index is 0.0380. The lowest BCUT2D eigenvalue weighted by Crippen LogP contribution is -2.36. The summed E-state index contributed by atoms with van der Waals surface area (Å²) in [5.74, 6) is 0.168. The van der Waals surface area contributed by atoms with Gasteiger partial charge in [-0.1, -0.05) is 0 Å². The molecule has 2 N–H and O–H groups in total. The Labute approximate surface area is 155 Å². The molecule has 1 atom stereocenters. The first-order valence-electron chi connectivity index (χ1n) is 9.92. The summed E-state index contributed by atoms with van der Waals surface area (Å²) >= 11 is 0. The average Bonchev–Trinajstić information content (AvgIpc) is 3.26. The Bertz CT molecular complexity index is 641. The molecule has 0 radical (unpaired) electrons. The lowest BCUT2D eigenvalue weighted by molar-refractivity contribution is -0.121. The molecule has 3 rings (SSSR count). The highest BCUT2D eigenvalue weighted by molar-refractivity contribution is 5.97. The van der Waals surface area contributed by atoms with E-state index in [1.54, 1.807) is 0 Å². The van der Waals surface area contributed by atoms with Gasteiger partial charge in [0, 0.05) is 44.0 Å². The summed E-state index contributed by atoms with van der Waals surface area (Å²) in [6.45, 7) is 7.04. The van der Waals surface area contributed by atoms with Gasteiger partial charge in [0.15, 0.2) is 0 Å². The summed E-state index contributed by atoms with van der Waals surface area (Å²) in [6.07, 6.45) is 6.70. The van der Waals surface area contributed by atoms with Crippen LogP contribution in [0.2, 0.25) is 0 Å². The maximum atomic E-state index is 12.9. The van der Waals surface area contributed by atoms with Crippen molar-refractivity contribution in [1.82, 2.24) is 15.2 Å². The van der Waals surface area contributed by atoms with Gasteiger partial charge in [0.25, 0.3) is 5.91 Å². The molecule has 0 bridgehead atoms. The molecule has 2 saturated heterocycles. The zero-order valence-corrected chi connectivity index (χ0v) is 16.0. The number of piperidine rings is 1. The first-order valence-corrected chi connectivity index (χ1v) is 9.92. The van der Waals surface area contributed by atoms with Crippen LogP contribution in [0, 0.1) is 13.8 Å². The van der Waals surface area contributed by atoms with Gasteiger partial charge in [-0.2, -0.15) is 0 Å².